The van der Waals surface area contributed by atoms with Crippen molar-refractivity contribution in [3.63, 3.8) is 0 Å². The number of hydrogen-bond donors (Lipinski definition) is 0. The van der Waals surface area contributed by atoms with E-state index in [4.69, 9.17) is 14.0 Å². The average Bonchev–Trinajstić information content (AvgIpc) is 2.60. The predicted octanol–water partition coefficient (Wildman–Crippen LogP) is 2.20. The first-order chi connectivity index (χ1) is 9.95. The molecule has 0 fully saturated rings. The number of benzene rings is 1. The Bertz CT molecular complexity index is 620. The van der Waals surface area contributed by atoms with Crippen LogP contribution >= 0.6 is 0 Å². The van der Waals surface area contributed by atoms with Gasteiger partial charge in [-0.25, -0.2) is 0 Å². The third kappa shape index (κ3) is 5.43. The zero-order chi connectivity index (χ0) is 15.4. The Kier molecular flexibility index (Phi) is 13.1. The van der Waals surface area contributed by atoms with Gasteiger partial charge in [-0.3, -0.25) is 0 Å². The number of nitrogens with zero attached hydrogens (tertiary/aromatic N) is 2. The Labute approximate surface area is 135 Å². The molecule has 1 radical (unpaired) electrons. The summed E-state index contributed by atoms with van der Waals surface area (Å²) in [5.74, 6) is 0. The van der Waals surface area contributed by atoms with Crippen LogP contribution in [0, 0.1) is 20.0 Å². The Morgan fingerprint density at radius 1 is 0.667 bits per heavy atom. The molecule has 3 rings (SSSR count). The Balaban J connectivity index is 0. The first-order valence-corrected chi connectivity index (χ1v) is 5.15. The van der Waals surface area contributed by atoms with Gasteiger partial charge in [-0.15, -0.1) is 11.4 Å². The van der Waals surface area contributed by atoms with E-state index in [1.54, 1.807) is 12.4 Å². The van der Waals surface area contributed by atoms with Crippen LogP contribution in [-0.2, 0) is 34.4 Å². The van der Waals surface area contributed by atoms with Crippen molar-refractivity contribution in [1.82, 2.24) is 0 Å². The summed E-state index contributed by atoms with van der Waals surface area (Å²) >= 11 is 0. The van der Waals surface area contributed by atoms with Gasteiger partial charge in [-0.1, -0.05) is 36.4 Å². The van der Waals surface area contributed by atoms with Crippen LogP contribution in [0.25, 0.3) is 22.8 Å². The van der Waals surface area contributed by atoms with E-state index >= 15 is 0 Å². The molecule has 0 unspecified atom stereocenters. The van der Waals surface area contributed by atoms with E-state index in [0.717, 1.165) is 21.8 Å². The Morgan fingerprint density at radius 3 is 1.33 bits per heavy atom. The van der Waals surface area contributed by atoms with Crippen molar-refractivity contribution in [2.75, 3.05) is 0 Å². The molecule has 0 aromatic heterocycles. The predicted molar refractivity (Wildman–Crippen MR) is 70.7 cm³/mol. The van der Waals surface area contributed by atoms with Crippen LogP contribution in [0.15, 0.2) is 36.7 Å². The van der Waals surface area contributed by atoms with Gasteiger partial charge in [0.2, 0.25) is 0 Å². The van der Waals surface area contributed by atoms with Gasteiger partial charge in [0.15, 0.2) is 0 Å². The molecule has 0 aliphatic carbocycles. The summed E-state index contributed by atoms with van der Waals surface area (Å²) in [5.41, 5.74) is 1.95. The second kappa shape index (κ2) is 12.9. The fraction of sp³-hybridized carbons (Fsp3) is 0. The zero-order valence-electron chi connectivity index (χ0n) is 10.6. The topological polar surface area (TPSA) is 87.9 Å². The average molecular weight is 450 g/mol. The molecule has 1 aromatic rings. The van der Waals surface area contributed by atoms with Crippen molar-refractivity contribution in [2.45, 2.75) is 0 Å². The maximum atomic E-state index is 7.50. The summed E-state index contributed by atoms with van der Waals surface area (Å²) < 4.78 is 22.5. The summed E-state index contributed by atoms with van der Waals surface area (Å²) in [6.45, 7) is 13.5. The molecule has 2 aliphatic heterocycles. The minimum atomic E-state index is 0. The number of hydrogen-bond acceptors (Lipinski definition) is 0. The van der Waals surface area contributed by atoms with Gasteiger partial charge in [0, 0.05) is 20.4 Å². The third-order valence-corrected chi connectivity index (χ3v) is 2.34. The van der Waals surface area contributed by atoms with Crippen LogP contribution in [-0.4, -0.2) is 0 Å². The van der Waals surface area contributed by atoms with Crippen LogP contribution < -0.4 is 10.4 Å². The monoisotopic (exact) mass is 451 g/mol. The number of fused-ring (bicyclic) bond motifs is 3. The first-order valence-electron chi connectivity index (χ1n) is 5.15. The first kappa shape index (κ1) is 21.2. The van der Waals surface area contributed by atoms with Crippen molar-refractivity contribution < 1.29 is 34.4 Å². The quantitative estimate of drug-likeness (QED) is 0.429. The normalized spacial score (nSPS) is 10.6. The SMILES string of the molecule is C1=C[N-]c2c3c(ccc2=C1)=CC=C[N-]3.[C-]#[O+].[C-]#[O+].[C-]#[O+].[Re]. The van der Waals surface area contributed by atoms with Crippen LogP contribution in [0.2, 0.25) is 0 Å². The maximum absolute atomic E-state index is 7.50. The van der Waals surface area contributed by atoms with Crippen LogP contribution in [0.4, 0.5) is 11.4 Å². The summed E-state index contributed by atoms with van der Waals surface area (Å²) in [6, 6.07) is 4.15. The van der Waals surface area contributed by atoms with Gasteiger partial charge in [0.25, 0.3) is 0 Å². The largest absolute Gasteiger partial charge is 0 e. The zero-order valence-corrected chi connectivity index (χ0v) is 13.3. The minimum absolute atomic E-state index is 0. The van der Waals surface area contributed by atoms with Gasteiger partial charge >= 0.3 is 33.9 Å². The Hall–Kier alpha value is -2.08. The standard InChI is InChI=1S/C12H8N2.3CO.Re/c1-3-9-5-6-10-4-2-8-14-12(10)11(9)13-7-1;3*1-2;/h1-8H;;;;/q-2;;;;. The molecule has 0 N–H and O–H groups in total. The van der Waals surface area contributed by atoms with Gasteiger partial charge in [-0.2, -0.15) is 12.4 Å². The van der Waals surface area contributed by atoms with Crippen LogP contribution in [0.1, 0.15) is 0 Å². The molecular weight excluding hydrogens is 442 g/mol. The van der Waals surface area contributed by atoms with Gasteiger partial charge < -0.3 is 10.6 Å². The molecule has 0 atom stereocenters. The summed E-state index contributed by atoms with van der Waals surface area (Å²) in [7, 11) is 0. The van der Waals surface area contributed by atoms with Crippen molar-refractivity contribution >= 4 is 23.5 Å². The number of rotatable bonds is 0. The molecule has 1 aromatic carbocycles. The maximum Gasteiger partial charge on any atom is 0 e. The number of allylic oxidation sites excluding steroid dienone is 2. The fourth-order valence-electron chi connectivity index (χ4n) is 1.68. The summed E-state index contributed by atoms with van der Waals surface area (Å²) in [5, 5.41) is 11.0. The smallest absolute Gasteiger partial charge is 0 e. The van der Waals surface area contributed by atoms with Gasteiger partial charge in [0.1, 0.15) is 0 Å². The molecule has 0 saturated heterocycles. The van der Waals surface area contributed by atoms with Crippen molar-refractivity contribution in [1.29, 1.82) is 0 Å². The molecule has 5 nitrogen and oxygen atoms in total. The van der Waals surface area contributed by atoms with Crippen LogP contribution in [0.5, 0.6) is 0 Å². The van der Waals surface area contributed by atoms with E-state index < -0.39 is 0 Å². The van der Waals surface area contributed by atoms with E-state index in [9.17, 15) is 0 Å². The van der Waals surface area contributed by atoms with Gasteiger partial charge in [0.05, 0.1) is 0 Å². The molecule has 105 valence electrons. The molecule has 2 heterocycles. The molecule has 21 heavy (non-hydrogen) atoms. The van der Waals surface area contributed by atoms with Crippen LogP contribution in [0.3, 0.4) is 0 Å². The molecule has 0 bridgehead atoms. The van der Waals surface area contributed by atoms with Crippen molar-refractivity contribution in [3.8, 4) is 0 Å². The van der Waals surface area contributed by atoms with E-state index in [1.165, 1.54) is 0 Å². The molecule has 6 heteroatoms. The van der Waals surface area contributed by atoms with Crippen molar-refractivity contribution in [2.24, 2.45) is 0 Å². The molecular formula is C15H8N2O3Re-2. The second-order valence-corrected chi connectivity index (χ2v) is 3.22. The minimum Gasteiger partial charge on any atom is 0 e. The molecule has 0 saturated carbocycles. The molecule has 0 spiro atoms. The third-order valence-electron chi connectivity index (χ3n) is 2.34. The van der Waals surface area contributed by atoms with Gasteiger partial charge in [-0.05, 0) is 10.4 Å². The summed E-state index contributed by atoms with van der Waals surface area (Å²) in [4.78, 5) is 0. The van der Waals surface area contributed by atoms with E-state index in [2.05, 4.69) is 54.9 Å². The molecule has 0 amide bonds. The van der Waals surface area contributed by atoms with E-state index in [1.807, 2.05) is 12.2 Å². The molecule has 2 aliphatic rings. The Morgan fingerprint density at radius 2 is 1.00 bits per heavy atom. The summed E-state index contributed by atoms with van der Waals surface area (Å²) in [6.07, 6.45) is 11.6. The van der Waals surface area contributed by atoms with E-state index in [0.29, 0.717) is 0 Å². The second-order valence-electron chi connectivity index (χ2n) is 3.22. The van der Waals surface area contributed by atoms with E-state index in [-0.39, 0.29) is 20.4 Å². The fourth-order valence-corrected chi connectivity index (χ4v) is 1.68. The van der Waals surface area contributed by atoms with Crippen molar-refractivity contribution in [3.05, 3.63) is 77.7 Å².